The molecule has 1 aromatic carbocycles. The van der Waals surface area contributed by atoms with E-state index in [1.165, 1.54) is 35.2 Å². The van der Waals surface area contributed by atoms with Crippen LogP contribution in [0.3, 0.4) is 0 Å². The largest absolute Gasteiger partial charge is 0.334 e. The zero-order chi connectivity index (χ0) is 16.7. The number of fused-ring (bicyclic) bond motifs is 1. The molecule has 3 N–H and O–H groups in total. The van der Waals surface area contributed by atoms with Crippen LogP contribution >= 0.6 is 11.6 Å². The fraction of sp³-hybridized carbons (Fsp3) is 0.412. The standard InChI is InChI=1S/C17H19ClN4O2/c18-11-4-3-7-13(8-11)22-15-14(16(23)20-17(22)24)9-21(10-19-15)12-5-1-2-6-12/h3-4,7-8,12,19H,1-2,5-6,9-10H2,(H,20,23,24)/p+1. The second-order valence-corrected chi connectivity index (χ2v) is 7.01. The first-order chi connectivity index (χ1) is 11.6. The van der Waals surface area contributed by atoms with Crippen molar-refractivity contribution in [1.82, 2.24) is 9.55 Å². The molecule has 1 saturated carbocycles. The summed E-state index contributed by atoms with van der Waals surface area (Å²) in [6.07, 6.45) is 4.94. The summed E-state index contributed by atoms with van der Waals surface area (Å²) < 4.78 is 1.51. The van der Waals surface area contributed by atoms with E-state index < -0.39 is 5.69 Å². The third-order valence-corrected chi connectivity index (χ3v) is 5.33. The molecule has 1 aliphatic carbocycles. The molecule has 0 amide bonds. The topological polar surface area (TPSA) is 71.3 Å². The van der Waals surface area contributed by atoms with Crippen LogP contribution in [0.25, 0.3) is 5.69 Å². The second kappa shape index (κ2) is 6.11. The van der Waals surface area contributed by atoms with Crippen LogP contribution in [0.2, 0.25) is 5.02 Å². The van der Waals surface area contributed by atoms with Crippen molar-refractivity contribution in [3.05, 3.63) is 55.7 Å². The molecular formula is C17H20ClN4O2+. The van der Waals surface area contributed by atoms with Gasteiger partial charge in [0.1, 0.15) is 17.9 Å². The number of hydrogen-bond donors (Lipinski definition) is 3. The van der Waals surface area contributed by atoms with Crippen LogP contribution in [-0.2, 0) is 6.54 Å². The van der Waals surface area contributed by atoms with Gasteiger partial charge in [-0.05, 0) is 43.9 Å². The SMILES string of the molecule is O=c1[nH]c(=O)n(-c2cccc(Cl)c2)c2c1C[NH+](C1CCCC1)CN2. The maximum Gasteiger partial charge on any atom is 0.334 e. The lowest BCUT2D eigenvalue weighted by atomic mass is 10.1. The van der Waals surface area contributed by atoms with Gasteiger partial charge in [-0.1, -0.05) is 17.7 Å². The van der Waals surface area contributed by atoms with Crippen molar-refractivity contribution in [3.8, 4) is 5.69 Å². The van der Waals surface area contributed by atoms with E-state index in [9.17, 15) is 9.59 Å². The molecule has 2 heterocycles. The van der Waals surface area contributed by atoms with Gasteiger partial charge in [0, 0.05) is 5.02 Å². The normalized spacial score (nSPS) is 20.6. The first-order valence-electron chi connectivity index (χ1n) is 8.36. The summed E-state index contributed by atoms with van der Waals surface area (Å²) in [7, 11) is 0. The number of nitrogens with zero attached hydrogens (tertiary/aromatic N) is 1. The molecule has 0 saturated heterocycles. The monoisotopic (exact) mass is 347 g/mol. The zero-order valence-corrected chi connectivity index (χ0v) is 14.0. The van der Waals surface area contributed by atoms with Crippen LogP contribution in [0.1, 0.15) is 31.2 Å². The van der Waals surface area contributed by atoms with Gasteiger partial charge in [-0.2, -0.15) is 0 Å². The van der Waals surface area contributed by atoms with Crippen LogP contribution in [0.4, 0.5) is 5.82 Å². The molecule has 2 aromatic rings. The number of aromatic nitrogens is 2. The molecular weight excluding hydrogens is 328 g/mol. The van der Waals surface area contributed by atoms with E-state index in [2.05, 4.69) is 10.3 Å². The highest BCUT2D eigenvalue weighted by molar-refractivity contribution is 6.30. The molecule has 1 atom stereocenters. The molecule has 0 spiro atoms. The van der Waals surface area contributed by atoms with Gasteiger partial charge in [-0.3, -0.25) is 9.78 Å². The van der Waals surface area contributed by atoms with Crippen LogP contribution in [-0.4, -0.2) is 22.3 Å². The first kappa shape index (κ1) is 15.5. The van der Waals surface area contributed by atoms with E-state index in [1.807, 2.05) is 6.07 Å². The van der Waals surface area contributed by atoms with E-state index in [-0.39, 0.29) is 5.56 Å². The van der Waals surface area contributed by atoms with Gasteiger partial charge in [0.25, 0.3) is 5.56 Å². The molecule has 1 unspecified atom stereocenters. The minimum atomic E-state index is -0.446. The Morgan fingerprint density at radius 1 is 1.21 bits per heavy atom. The number of benzene rings is 1. The molecule has 7 heteroatoms. The summed E-state index contributed by atoms with van der Waals surface area (Å²) in [6.45, 7) is 1.37. The fourth-order valence-electron chi connectivity index (χ4n) is 3.89. The van der Waals surface area contributed by atoms with Gasteiger partial charge in [0.2, 0.25) is 0 Å². The van der Waals surface area contributed by atoms with E-state index in [0.717, 1.165) is 6.67 Å². The van der Waals surface area contributed by atoms with Gasteiger partial charge < -0.3 is 10.2 Å². The lowest BCUT2D eigenvalue weighted by molar-refractivity contribution is -0.936. The summed E-state index contributed by atoms with van der Waals surface area (Å²) in [5.74, 6) is 0.591. The van der Waals surface area contributed by atoms with Gasteiger partial charge in [-0.25, -0.2) is 9.36 Å². The van der Waals surface area contributed by atoms with Crippen molar-refractivity contribution in [2.45, 2.75) is 38.3 Å². The minimum absolute atomic E-state index is 0.295. The molecule has 6 nitrogen and oxygen atoms in total. The molecule has 2 aliphatic rings. The summed E-state index contributed by atoms with van der Waals surface area (Å²) >= 11 is 6.06. The van der Waals surface area contributed by atoms with Crippen molar-refractivity contribution in [1.29, 1.82) is 0 Å². The number of H-pyrrole nitrogens is 1. The van der Waals surface area contributed by atoms with Crippen molar-refractivity contribution in [3.63, 3.8) is 0 Å². The molecule has 24 heavy (non-hydrogen) atoms. The molecule has 1 aromatic heterocycles. The van der Waals surface area contributed by atoms with E-state index in [0.29, 0.717) is 34.7 Å². The Kier molecular flexibility index (Phi) is 3.94. The Bertz CT molecular complexity index is 883. The van der Waals surface area contributed by atoms with Gasteiger partial charge in [-0.15, -0.1) is 0 Å². The highest BCUT2D eigenvalue weighted by Gasteiger charge is 2.32. The van der Waals surface area contributed by atoms with Crippen molar-refractivity contribution in [2.24, 2.45) is 0 Å². The predicted octanol–water partition coefficient (Wildman–Crippen LogP) is 0.890. The number of nitrogens with one attached hydrogen (secondary N) is 3. The van der Waals surface area contributed by atoms with Crippen LogP contribution in [0.15, 0.2) is 33.9 Å². The lowest BCUT2D eigenvalue weighted by Crippen LogP contribution is -3.16. The number of quaternary nitrogens is 1. The Morgan fingerprint density at radius 3 is 2.75 bits per heavy atom. The van der Waals surface area contributed by atoms with E-state index in [4.69, 9.17) is 11.6 Å². The Hall–Kier alpha value is -2.05. The first-order valence-corrected chi connectivity index (χ1v) is 8.74. The van der Waals surface area contributed by atoms with Gasteiger partial charge in [0.05, 0.1) is 11.7 Å². The number of hydrogen-bond acceptors (Lipinski definition) is 3. The average molecular weight is 348 g/mol. The Morgan fingerprint density at radius 2 is 2.00 bits per heavy atom. The van der Waals surface area contributed by atoms with Crippen LogP contribution in [0, 0.1) is 0 Å². The molecule has 0 radical (unpaired) electrons. The van der Waals surface area contributed by atoms with Crippen molar-refractivity contribution >= 4 is 17.4 Å². The highest BCUT2D eigenvalue weighted by atomic mass is 35.5. The Balaban J connectivity index is 1.79. The molecule has 0 bridgehead atoms. The molecule has 1 aliphatic heterocycles. The third-order valence-electron chi connectivity index (χ3n) is 5.09. The second-order valence-electron chi connectivity index (χ2n) is 6.57. The van der Waals surface area contributed by atoms with Gasteiger partial charge >= 0.3 is 5.69 Å². The summed E-state index contributed by atoms with van der Waals surface area (Å²) in [4.78, 5) is 28.6. The maximum atomic E-state index is 12.4. The zero-order valence-electron chi connectivity index (χ0n) is 13.3. The van der Waals surface area contributed by atoms with Crippen molar-refractivity contribution < 1.29 is 4.90 Å². The number of aromatic amines is 1. The smallest absolute Gasteiger partial charge is 0.324 e. The quantitative estimate of drug-likeness (QED) is 0.755. The van der Waals surface area contributed by atoms with E-state index >= 15 is 0 Å². The van der Waals surface area contributed by atoms with Crippen LogP contribution in [0.5, 0.6) is 0 Å². The molecule has 126 valence electrons. The average Bonchev–Trinajstić information content (AvgIpc) is 3.09. The summed E-state index contributed by atoms with van der Waals surface area (Å²) in [6, 6.07) is 7.67. The summed E-state index contributed by atoms with van der Waals surface area (Å²) in [5.41, 5.74) is 0.549. The summed E-state index contributed by atoms with van der Waals surface area (Å²) in [5, 5.41) is 3.87. The van der Waals surface area contributed by atoms with Crippen molar-refractivity contribution in [2.75, 3.05) is 12.0 Å². The van der Waals surface area contributed by atoms with Gasteiger partial charge in [0.15, 0.2) is 6.67 Å². The number of anilines is 1. The van der Waals surface area contributed by atoms with Crippen LogP contribution < -0.4 is 21.5 Å². The number of rotatable bonds is 2. The number of halogens is 1. The Labute approximate surface area is 144 Å². The predicted molar refractivity (Wildman–Crippen MR) is 93.1 cm³/mol. The minimum Gasteiger partial charge on any atom is -0.324 e. The lowest BCUT2D eigenvalue weighted by Gasteiger charge is -2.31. The highest BCUT2D eigenvalue weighted by Crippen LogP contribution is 2.21. The van der Waals surface area contributed by atoms with E-state index in [1.54, 1.807) is 18.2 Å². The maximum absolute atomic E-state index is 12.4. The third kappa shape index (κ3) is 2.65. The molecule has 4 rings (SSSR count). The fourth-order valence-corrected chi connectivity index (χ4v) is 4.08. The molecule has 1 fully saturated rings.